The van der Waals surface area contributed by atoms with E-state index in [1.807, 2.05) is 30.3 Å². The van der Waals surface area contributed by atoms with E-state index in [1.54, 1.807) is 0 Å². The minimum absolute atomic E-state index is 0.00314. The van der Waals surface area contributed by atoms with Gasteiger partial charge in [0.05, 0.1) is 12.6 Å². The average molecular weight is 347 g/mol. The van der Waals surface area contributed by atoms with Crippen LogP contribution in [0.3, 0.4) is 0 Å². The second kappa shape index (κ2) is 10.8. The van der Waals surface area contributed by atoms with Crippen molar-refractivity contribution >= 4 is 11.8 Å². The van der Waals surface area contributed by atoms with Gasteiger partial charge in [-0.1, -0.05) is 50.1 Å². The van der Waals surface area contributed by atoms with Crippen LogP contribution in [0.25, 0.3) is 0 Å². The molecule has 0 unspecified atom stereocenters. The summed E-state index contributed by atoms with van der Waals surface area (Å²) >= 11 is 0. The first-order valence-corrected chi connectivity index (χ1v) is 9.17. The molecule has 1 aliphatic rings. The van der Waals surface area contributed by atoms with Crippen LogP contribution in [0.15, 0.2) is 30.3 Å². The van der Waals surface area contributed by atoms with Crippen LogP contribution in [0.2, 0.25) is 0 Å². The fourth-order valence-electron chi connectivity index (χ4n) is 2.93. The van der Waals surface area contributed by atoms with E-state index in [0.29, 0.717) is 6.61 Å². The zero-order valence-corrected chi connectivity index (χ0v) is 14.9. The highest BCUT2D eigenvalue weighted by Crippen LogP contribution is 2.09. The van der Waals surface area contributed by atoms with Gasteiger partial charge in [0.25, 0.3) is 0 Å². The number of rotatable bonds is 10. The molecule has 138 valence electrons. The summed E-state index contributed by atoms with van der Waals surface area (Å²) in [6.45, 7) is 3.30. The Bertz CT molecular complexity index is 530. The van der Waals surface area contributed by atoms with Crippen LogP contribution >= 0.6 is 0 Å². The van der Waals surface area contributed by atoms with E-state index in [-0.39, 0.29) is 30.3 Å². The van der Waals surface area contributed by atoms with Gasteiger partial charge in [0.15, 0.2) is 0 Å². The van der Waals surface area contributed by atoms with Gasteiger partial charge in [-0.15, -0.1) is 0 Å². The number of hydroxylamine groups is 1. The van der Waals surface area contributed by atoms with E-state index < -0.39 is 0 Å². The Hall–Kier alpha value is -1.92. The summed E-state index contributed by atoms with van der Waals surface area (Å²) < 4.78 is 0. The Morgan fingerprint density at radius 1 is 1.32 bits per heavy atom. The summed E-state index contributed by atoms with van der Waals surface area (Å²) in [5.74, 6) is -0.215. The number of hydrogen-bond donors (Lipinski definition) is 3. The Kier molecular flexibility index (Phi) is 8.42. The molecule has 1 aliphatic heterocycles. The zero-order chi connectivity index (χ0) is 17.9. The molecule has 0 aliphatic carbocycles. The Balaban J connectivity index is 1.74. The van der Waals surface area contributed by atoms with E-state index in [2.05, 4.69) is 23.0 Å². The Morgan fingerprint density at radius 3 is 2.80 bits per heavy atom. The first-order chi connectivity index (χ1) is 12.2. The Labute approximate surface area is 149 Å². The molecule has 2 atom stereocenters. The molecule has 1 aromatic rings. The van der Waals surface area contributed by atoms with Crippen molar-refractivity contribution in [2.24, 2.45) is 0 Å². The third-order valence-electron chi connectivity index (χ3n) is 4.33. The SMILES string of the molecule is CCCC[C@@H](CC(=O)NOCc1ccccc1)NC(=O)[C@@H]1CCCN1. The monoisotopic (exact) mass is 347 g/mol. The first-order valence-electron chi connectivity index (χ1n) is 9.17. The van der Waals surface area contributed by atoms with E-state index in [4.69, 9.17) is 4.84 Å². The molecule has 1 saturated heterocycles. The quantitative estimate of drug-likeness (QED) is 0.566. The highest BCUT2D eigenvalue weighted by Gasteiger charge is 2.25. The van der Waals surface area contributed by atoms with Gasteiger partial charge >= 0.3 is 0 Å². The number of unbranched alkanes of at least 4 members (excludes halogenated alkanes) is 1. The molecule has 0 radical (unpaired) electrons. The number of amides is 2. The molecule has 1 heterocycles. The van der Waals surface area contributed by atoms with Crippen molar-refractivity contribution in [1.29, 1.82) is 0 Å². The van der Waals surface area contributed by atoms with Crippen LogP contribution in [-0.2, 0) is 21.0 Å². The fourth-order valence-corrected chi connectivity index (χ4v) is 2.93. The second-order valence-corrected chi connectivity index (χ2v) is 6.50. The summed E-state index contributed by atoms with van der Waals surface area (Å²) in [5, 5.41) is 6.20. The van der Waals surface area contributed by atoms with Crippen LogP contribution in [0, 0.1) is 0 Å². The smallest absolute Gasteiger partial charge is 0.245 e. The molecule has 6 nitrogen and oxygen atoms in total. The van der Waals surface area contributed by atoms with Crippen LogP contribution in [0.1, 0.15) is 51.0 Å². The van der Waals surface area contributed by atoms with Gasteiger partial charge in [0.2, 0.25) is 11.8 Å². The normalized spacial score (nSPS) is 17.9. The van der Waals surface area contributed by atoms with Gasteiger partial charge < -0.3 is 10.6 Å². The largest absolute Gasteiger partial charge is 0.351 e. The number of nitrogens with one attached hydrogen (secondary N) is 3. The molecule has 0 saturated carbocycles. The summed E-state index contributed by atoms with van der Waals surface area (Å²) in [6, 6.07) is 9.37. The number of carbonyl (C=O) groups excluding carboxylic acids is 2. The molecule has 0 aromatic heterocycles. The highest BCUT2D eigenvalue weighted by atomic mass is 16.6. The van der Waals surface area contributed by atoms with Gasteiger partial charge in [0.1, 0.15) is 0 Å². The lowest BCUT2D eigenvalue weighted by Crippen LogP contribution is -2.46. The number of benzene rings is 1. The predicted octanol–water partition coefficient (Wildman–Crippen LogP) is 2.05. The third-order valence-corrected chi connectivity index (χ3v) is 4.33. The van der Waals surface area contributed by atoms with E-state index in [0.717, 1.165) is 44.2 Å². The minimum Gasteiger partial charge on any atom is -0.351 e. The lowest BCUT2D eigenvalue weighted by Gasteiger charge is -2.20. The molecule has 0 spiro atoms. The van der Waals surface area contributed by atoms with Crippen molar-refractivity contribution in [2.75, 3.05) is 6.54 Å². The molecule has 0 bridgehead atoms. The standard InChI is InChI=1S/C19H29N3O3/c1-2-3-10-16(21-19(24)17-11-7-12-20-17)13-18(23)22-25-14-15-8-5-4-6-9-15/h4-6,8-9,16-17,20H,2-3,7,10-14H2,1H3,(H,21,24)(H,22,23)/t16-,17-/m0/s1. The average Bonchev–Trinajstić information content (AvgIpc) is 3.15. The van der Waals surface area contributed by atoms with Crippen LogP contribution < -0.4 is 16.1 Å². The van der Waals surface area contributed by atoms with Crippen molar-refractivity contribution in [2.45, 2.75) is 64.1 Å². The lowest BCUT2D eigenvalue weighted by molar-refractivity contribution is -0.135. The maximum absolute atomic E-state index is 12.3. The number of hydrogen-bond acceptors (Lipinski definition) is 4. The van der Waals surface area contributed by atoms with Crippen LogP contribution in [0.5, 0.6) is 0 Å². The molecule has 6 heteroatoms. The molecule has 3 N–H and O–H groups in total. The zero-order valence-electron chi connectivity index (χ0n) is 14.9. The van der Waals surface area contributed by atoms with Crippen LogP contribution in [0.4, 0.5) is 0 Å². The maximum Gasteiger partial charge on any atom is 0.245 e. The van der Waals surface area contributed by atoms with Gasteiger partial charge in [-0.3, -0.25) is 14.4 Å². The summed E-state index contributed by atoms with van der Waals surface area (Å²) in [4.78, 5) is 29.6. The molecule has 1 fully saturated rings. The molecule has 2 amide bonds. The van der Waals surface area contributed by atoms with Crippen molar-refractivity contribution in [3.05, 3.63) is 35.9 Å². The van der Waals surface area contributed by atoms with Crippen LogP contribution in [-0.4, -0.2) is 30.4 Å². The second-order valence-electron chi connectivity index (χ2n) is 6.50. The van der Waals surface area contributed by atoms with E-state index in [1.165, 1.54) is 0 Å². The highest BCUT2D eigenvalue weighted by molar-refractivity contribution is 5.83. The van der Waals surface area contributed by atoms with Gasteiger partial charge in [-0.25, -0.2) is 5.48 Å². The topological polar surface area (TPSA) is 79.5 Å². The van der Waals surface area contributed by atoms with Crippen molar-refractivity contribution < 1.29 is 14.4 Å². The molecular weight excluding hydrogens is 318 g/mol. The molecular formula is C19H29N3O3. The van der Waals surface area contributed by atoms with Gasteiger partial charge in [-0.2, -0.15) is 0 Å². The van der Waals surface area contributed by atoms with E-state index >= 15 is 0 Å². The maximum atomic E-state index is 12.3. The first kappa shape index (κ1) is 19.4. The molecule has 25 heavy (non-hydrogen) atoms. The van der Waals surface area contributed by atoms with Gasteiger partial charge in [0, 0.05) is 12.5 Å². The van der Waals surface area contributed by atoms with Crippen molar-refractivity contribution in [3.8, 4) is 0 Å². The minimum atomic E-state index is -0.211. The van der Waals surface area contributed by atoms with Gasteiger partial charge in [-0.05, 0) is 31.4 Å². The summed E-state index contributed by atoms with van der Waals surface area (Å²) in [6.07, 6.45) is 4.90. The number of carbonyl (C=O) groups is 2. The summed E-state index contributed by atoms with van der Waals surface area (Å²) in [7, 11) is 0. The third kappa shape index (κ3) is 7.23. The fraction of sp³-hybridized carbons (Fsp3) is 0.579. The van der Waals surface area contributed by atoms with E-state index in [9.17, 15) is 9.59 Å². The Morgan fingerprint density at radius 2 is 2.12 bits per heavy atom. The lowest BCUT2D eigenvalue weighted by atomic mass is 10.1. The molecule has 1 aromatic carbocycles. The summed E-state index contributed by atoms with van der Waals surface area (Å²) in [5.41, 5.74) is 3.47. The van der Waals surface area contributed by atoms with Crippen molar-refractivity contribution in [3.63, 3.8) is 0 Å². The predicted molar refractivity (Wildman–Crippen MR) is 96.5 cm³/mol. The van der Waals surface area contributed by atoms with Crippen molar-refractivity contribution in [1.82, 2.24) is 16.1 Å². The molecule has 2 rings (SSSR count).